The third-order valence-electron chi connectivity index (χ3n) is 3.79. The lowest BCUT2D eigenvalue weighted by Gasteiger charge is -2.36. The van der Waals surface area contributed by atoms with Gasteiger partial charge in [0.1, 0.15) is 10.7 Å². The first kappa shape index (κ1) is 15.4. The van der Waals surface area contributed by atoms with Gasteiger partial charge in [-0.25, -0.2) is 12.8 Å². The molecule has 1 aromatic rings. The van der Waals surface area contributed by atoms with E-state index in [-0.39, 0.29) is 10.8 Å². The molecule has 0 aliphatic carbocycles. The maximum absolute atomic E-state index is 13.7. The molecule has 1 aromatic carbocycles. The molecule has 1 heterocycles. The number of hydrogen-bond donors (Lipinski definition) is 1. The van der Waals surface area contributed by atoms with Crippen molar-refractivity contribution in [2.75, 3.05) is 19.6 Å². The Labute approximate surface area is 120 Å². The molecule has 2 atom stereocenters. The van der Waals surface area contributed by atoms with Gasteiger partial charge in [0.2, 0.25) is 10.0 Å². The highest BCUT2D eigenvalue weighted by Crippen LogP contribution is 2.25. The Hall–Kier alpha value is -0.980. The van der Waals surface area contributed by atoms with Gasteiger partial charge in [0.25, 0.3) is 0 Å². The fraction of sp³-hybridized carbons (Fsp3) is 0.571. The number of benzene rings is 1. The van der Waals surface area contributed by atoms with Gasteiger partial charge in [-0.05, 0) is 31.0 Å². The van der Waals surface area contributed by atoms with Crippen LogP contribution in [-0.4, -0.2) is 38.4 Å². The highest BCUT2D eigenvalue weighted by atomic mass is 32.2. The molecule has 0 spiro atoms. The van der Waals surface area contributed by atoms with E-state index in [9.17, 15) is 12.8 Å². The van der Waals surface area contributed by atoms with E-state index in [1.54, 1.807) is 6.07 Å². The molecular weight excluding hydrogens is 279 g/mol. The van der Waals surface area contributed by atoms with Crippen molar-refractivity contribution in [3.8, 4) is 0 Å². The molecule has 2 rings (SSSR count). The lowest BCUT2D eigenvalue weighted by Crippen LogP contribution is -2.50. The van der Waals surface area contributed by atoms with Crippen LogP contribution in [0.25, 0.3) is 0 Å². The molecular formula is C14H21FN2O2S. The summed E-state index contributed by atoms with van der Waals surface area (Å²) in [7, 11) is -3.73. The van der Waals surface area contributed by atoms with Crippen molar-refractivity contribution in [1.29, 1.82) is 0 Å². The quantitative estimate of drug-likeness (QED) is 0.923. The van der Waals surface area contributed by atoms with E-state index >= 15 is 0 Å². The Morgan fingerprint density at radius 2 is 2.10 bits per heavy atom. The van der Waals surface area contributed by atoms with E-state index in [0.717, 1.165) is 13.0 Å². The largest absolute Gasteiger partial charge is 0.314 e. The van der Waals surface area contributed by atoms with Crippen LogP contribution in [0, 0.1) is 11.7 Å². The molecule has 0 radical (unpaired) electrons. The summed E-state index contributed by atoms with van der Waals surface area (Å²) in [4.78, 5) is -0.228. The van der Waals surface area contributed by atoms with Gasteiger partial charge in [-0.15, -0.1) is 0 Å². The van der Waals surface area contributed by atoms with Gasteiger partial charge < -0.3 is 5.32 Å². The van der Waals surface area contributed by atoms with Crippen LogP contribution >= 0.6 is 0 Å². The lowest BCUT2D eigenvalue weighted by molar-refractivity contribution is 0.222. The second-order valence-electron chi connectivity index (χ2n) is 5.22. The summed E-state index contributed by atoms with van der Waals surface area (Å²) in [6.45, 7) is 5.79. The lowest BCUT2D eigenvalue weighted by atomic mass is 9.95. The van der Waals surface area contributed by atoms with Crippen molar-refractivity contribution in [3.05, 3.63) is 30.1 Å². The number of halogens is 1. The molecule has 4 nitrogen and oxygen atoms in total. The predicted molar refractivity (Wildman–Crippen MR) is 76.4 cm³/mol. The number of nitrogens with one attached hydrogen (secondary N) is 1. The van der Waals surface area contributed by atoms with Crippen molar-refractivity contribution < 1.29 is 12.8 Å². The average Bonchev–Trinajstić information content (AvgIpc) is 2.41. The molecule has 1 aliphatic rings. The third kappa shape index (κ3) is 3.02. The zero-order chi connectivity index (χ0) is 14.8. The van der Waals surface area contributed by atoms with E-state index in [0.29, 0.717) is 19.1 Å². The van der Waals surface area contributed by atoms with Crippen molar-refractivity contribution in [3.63, 3.8) is 0 Å². The van der Waals surface area contributed by atoms with Crippen LogP contribution in [0.3, 0.4) is 0 Å². The SMILES string of the molecule is CCNC1CCN(S(=O)(=O)c2ccccc2F)CC1C. The van der Waals surface area contributed by atoms with Gasteiger partial charge in [-0.3, -0.25) is 0 Å². The van der Waals surface area contributed by atoms with Crippen molar-refractivity contribution in [2.45, 2.75) is 31.2 Å². The fourth-order valence-corrected chi connectivity index (χ4v) is 4.30. The van der Waals surface area contributed by atoms with Crippen LogP contribution in [0.2, 0.25) is 0 Å². The zero-order valence-electron chi connectivity index (χ0n) is 11.8. The second-order valence-corrected chi connectivity index (χ2v) is 7.13. The van der Waals surface area contributed by atoms with E-state index < -0.39 is 15.8 Å². The van der Waals surface area contributed by atoms with Crippen LogP contribution in [0.15, 0.2) is 29.2 Å². The predicted octanol–water partition coefficient (Wildman–Crippen LogP) is 1.83. The zero-order valence-corrected chi connectivity index (χ0v) is 12.7. The van der Waals surface area contributed by atoms with E-state index in [2.05, 4.69) is 5.32 Å². The van der Waals surface area contributed by atoms with Crippen molar-refractivity contribution >= 4 is 10.0 Å². The third-order valence-corrected chi connectivity index (χ3v) is 5.69. The molecule has 6 heteroatoms. The minimum absolute atomic E-state index is 0.213. The standard InChI is InChI=1S/C14H21FN2O2S/c1-3-16-13-8-9-17(10-11(13)2)20(18,19)14-7-5-4-6-12(14)15/h4-7,11,13,16H,3,8-10H2,1-2H3. The van der Waals surface area contributed by atoms with Crippen LogP contribution < -0.4 is 5.32 Å². The minimum atomic E-state index is -3.73. The first-order valence-electron chi connectivity index (χ1n) is 6.95. The number of piperidine rings is 1. The van der Waals surface area contributed by atoms with Gasteiger partial charge in [0.15, 0.2) is 0 Å². The first-order chi connectivity index (χ1) is 9.46. The highest BCUT2D eigenvalue weighted by Gasteiger charge is 2.34. The van der Waals surface area contributed by atoms with Gasteiger partial charge in [-0.2, -0.15) is 4.31 Å². The summed E-state index contributed by atoms with van der Waals surface area (Å²) in [5, 5.41) is 3.36. The van der Waals surface area contributed by atoms with Gasteiger partial charge in [0.05, 0.1) is 0 Å². The summed E-state index contributed by atoms with van der Waals surface area (Å²) in [5.74, 6) is -0.473. The summed E-state index contributed by atoms with van der Waals surface area (Å²) < 4.78 is 40.1. The minimum Gasteiger partial charge on any atom is -0.314 e. The van der Waals surface area contributed by atoms with Crippen LogP contribution in [0.5, 0.6) is 0 Å². The Balaban J connectivity index is 2.19. The highest BCUT2D eigenvalue weighted by molar-refractivity contribution is 7.89. The number of rotatable bonds is 4. The molecule has 1 fully saturated rings. The van der Waals surface area contributed by atoms with Crippen LogP contribution in [-0.2, 0) is 10.0 Å². The summed E-state index contributed by atoms with van der Waals surface area (Å²) in [5.41, 5.74) is 0. The maximum atomic E-state index is 13.7. The molecule has 1 N–H and O–H groups in total. The van der Waals surface area contributed by atoms with Crippen molar-refractivity contribution in [1.82, 2.24) is 9.62 Å². The summed E-state index contributed by atoms with van der Waals surface area (Å²) in [6, 6.07) is 5.87. The van der Waals surface area contributed by atoms with Gasteiger partial charge in [0, 0.05) is 19.1 Å². The fourth-order valence-electron chi connectivity index (χ4n) is 2.68. The molecule has 20 heavy (non-hydrogen) atoms. The van der Waals surface area contributed by atoms with Gasteiger partial charge in [-0.1, -0.05) is 26.0 Å². The molecule has 0 amide bonds. The van der Waals surface area contributed by atoms with Gasteiger partial charge >= 0.3 is 0 Å². The number of nitrogens with zero attached hydrogens (tertiary/aromatic N) is 1. The molecule has 112 valence electrons. The first-order valence-corrected chi connectivity index (χ1v) is 8.39. The molecule has 0 saturated carbocycles. The van der Waals surface area contributed by atoms with E-state index in [1.807, 2.05) is 13.8 Å². The molecule has 2 unspecified atom stereocenters. The number of sulfonamides is 1. The normalized spacial score (nSPS) is 24.8. The molecule has 1 saturated heterocycles. The topological polar surface area (TPSA) is 49.4 Å². The maximum Gasteiger partial charge on any atom is 0.245 e. The Bertz CT molecular complexity index is 562. The smallest absolute Gasteiger partial charge is 0.245 e. The average molecular weight is 300 g/mol. The molecule has 0 aromatic heterocycles. The van der Waals surface area contributed by atoms with Crippen LogP contribution in [0.4, 0.5) is 4.39 Å². The number of hydrogen-bond acceptors (Lipinski definition) is 3. The van der Waals surface area contributed by atoms with Crippen LogP contribution in [0.1, 0.15) is 20.3 Å². The second kappa shape index (κ2) is 6.20. The Morgan fingerprint density at radius 1 is 1.40 bits per heavy atom. The van der Waals surface area contributed by atoms with E-state index in [4.69, 9.17) is 0 Å². The molecule has 1 aliphatic heterocycles. The molecule has 0 bridgehead atoms. The Morgan fingerprint density at radius 3 is 2.70 bits per heavy atom. The Kier molecular flexibility index (Phi) is 4.78. The van der Waals surface area contributed by atoms with Crippen molar-refractivity contribution in [2.24, 2.45) is 5.92 Å². The summed E-state index contributed by atoms with van der Waals surface area (Å²) in [6.07, 6.45) is 0.753. The monoisotopic (exact) mass is 300 g/mol. The summed E-state index contributed by atoms with van der Waals surface area (Å²) >= 11 is 0. The van der Waals surface area contributed by atoms with E-state index in [1.165, 1.54) is 22.5 Å².